The van der Waals surface area contributed by atoms with Crippen LogP contribution >= 0.6 is 0 Å². The fourth-order valence-corrected chi connectivity index (χ4v) is 5.99. The third kappa shape index (κ3) is 8.60. The summed E-state index contributed by atoms with van der Waals surface area (Å²) in [5, 5.41) is 58.8. The normalized spacial score (nSPS) is 14.3. The van der Waals surface area contributed by atoms with Crippen LogP contribution in [0.1, 0.15) is 52.0 Å². The Morgan fingerprint density at radius 2 is 1.19 bits per heavy atom. The number of aromatic carboxylic acids is 1. The standard InChI is InChI=1S/C34H36N2O12/c1-17-9-25(37)23(11-35(13-27(39)40)14-28(41)42)19(3)31(17)33(21-7-5-6-8-22(21)34(47)48)32-18(2)10-26(38)24(20(32)4)12-36(15-29(43)44)16-30(45)46/h5-10,37H,11-16H2,1-4H3,(H,39,40)(H,41,42)(H,43,44)(H,45,46)(H,47,48)/b33-32-. The van der Waals surface area contributed by atoms with E-state index in [0.29, 0.717) is 39.0 Å². The Morgan fingerprint density at radius 1 is 0.708 bits per heavy atom. The van der Waals surface area contributed by atoms with Gasteiger partial charge in [-0.15, -0.1) is 0 Å². The first-order valence-corrected chi connectivity index (χ1v) is 14.6. The van der Waals surface area contributed by atoms with Gasteiger partial charge in [0.2, 0.25) is 0 Å². The van der Waals surface area contributed by atoms with Gasteiger partial charge in [-0.05, 0) is 90.4 Å². The molecule has 0 saturated heterocycles. The van der Waals surface area contributed by atoms with E-state index >= 15 is 0 Å². The van der Waals surface area contributed by atoms with E-state index in [9.17, 15) is 59.4 Å². The van der Waals surface area contributed by atoms with E-state index in [4.69, 9.17) is 0 Å². The summed E-state index contributed by atoms with van der Waals surface area (Å²) < 4.78 is 0. The van der Waals surface area contributed by atoms with Crippen molar-refractivity contribution in [2.45, 2.75) is 34.2 Å². The Balaban J connectivity index is 2.47. The van der Waals surface area contributed by atoms with Crippen LogP contribution < -0.4 is 0 Å². The lowest BCUT2D eigenvalue weighted by Gasteiger charge is -2.29. The number of carbonyl (C=O) groups is 6. The monoisotopic (exact) mass is 664 g/mol. The van der Waals surface area contributed by atoms with E-state index in [-0.39, 0.29) is 41.1 Å². The summed E-state index contributed by atoms with van der Waals surface area (Å²) in [6, 6.07) is 7.50. The Hall–Kier alpha value is -5.60. The highest BCUT2D eigenvalue weighted by atomic mass is 16.4. The molecule has 0 spiro atoms. The molecule has 6 N–H and O–H groups in total. The molecule has 0 heterocycles. The number of phenols is 1. The predicted molar refractivity (Wildman–Crippen MR) is 171 cm³/mol. The van der Waals surface area contributed by atoms with Crippen molar-refractivity contribution in [3.8, 4) is 5.75 Å². The quantitative estimate of drug-likeness (QED) is 0.161. The average molecular weight is 665 g/mol. The van der Waals surface area contributed by atoms with Gasteiger partial charge in [-0.25, -0.2) is 4.79 Å². The lowest BCUT2D eigenvalue weighted by molar-refractivity contribution is -0.143. The Kier molecular flexibility index (Phi) is 11.8. The van der Waals surface area contributed by atoms with Gasteiger partial charge < -0.3 is 30.6 Å². The number of carbonyl (C=O) groups excluding carboxylic acids is 1. The smallest absolute Gasteiger partial charge is 0.336 e. The molecule has 0 unspecified atom stereocenters. The van der Waals surface area contributed by atoms with Crippen LogP contribution in [0.2, 0.25) is 0 Å². The number of carboxylic acid groups (broad SMARTS) is 5. The second-order valence-electron chi connectivity index (χ2n) is 11.5. The van der Waals surface area contributed by atoms with Crippen LogP contribution in [0.25, 0.3) is 5.57 Å². The maximum Gasteiger partial charge on any atom is 0.336 e. The Labute approximate surface area is 275 Å². The van der Waals surface area contributed by atoms with Gasteiger partial charge >= 0.3 is 29.8 Å². The molecule has 2 aromatic carbocycles. The molecular formula is C34H36N2O12. The van der Waals surface area contributed by atoms with Crippen LogP contribution in [0.3, 0.4) is 0 Å². The minimum absolute atomic E-state index is 0.0896. The number of benzene rings is 2. The highest BCUT2D eigenvalue weighted by molar-refractivity contribution is 6.10. The summed E-state index contributed by atoms with van der Waals surface area (Å²) in [6.45, 7) is 3.23. The van der Waals surface area contributed by atoms with Crippen molar-refractivity contribution in [2.24, 2.45) is 0 Å². The zero-order valence-corrected chi connectivity index (χ0v) is 26.7. The minimum atomic E-state index is -1.31. The minimum Gasteiger partial charge on any atom is -0.508 e. The van der Waals surface area contributed by atoms with Crippen molar-refractivity contribution < 1.29 is 59.4 Å². The molecule has 14 nitrogen and oxygen atoms in total. The molecule has 0 atom stereocenters. The first-order valence-electron chi connectivity index (χ1n) is 14.6. The van der Waals surface area contributed by atoms with E-state index in [1.165, 1.54) is 24.3 Å². The third-order valence-electron chi connectivity index (χ3n) is 7.88. The largest absolute Gasteiger partial charge is 0.508 e. The molecular weight excluding hydrogens is 628 g/mol. The fraction of sp³-hybridized carbons (Fsp3) is 0.294. The molecule has 254 valence electrons. The van der Waals surface area contributed by atoms with Gasteiger partial charge in [0.25, 0.3) is 0 Å². The molecule has 0 aliphatic heterocycles. The molecule has 3 rings (SSSR count). The van der Waals surface area contributed by atoms with E-state index in [2.05, 4.69) is 0 Å². The van der Waals surface area contributed by atoms with E-state index in [0.717, 1.165) is 9.80 Å². The summed E-state index contributed by atoms with van der Waals surface area (Å²) in [4.78, 5) is 74.2. The molecule has 14 heteroatoms. The van der Waals surface area contributed by atoms with Gasteiger partial charge in [0, 0.05) is 24.2 Å². The van der Waals surface area contributed by atoms with Gasteiger partial charge in [-0.3, -0.25) is 33.8 Å². The predicted octanol–water partition coefficient (Wildman–Crippen LogP) is 2.80. The first-order chi connectivity index (χ1) is 22.4. The molecule has 0 bridgehead atoms. The molecule has 1 aliphatic carbocycles. The van der Waals surface area contributed by atoms with Crippen LogP contribution in [0.5, 0.6) is 5.75 Å². The topological polar surface area (TPSA) is 230 Å². The molecule has 0 fully saturated rings. The van der Waals surface area contributed by atoms with Crippen molar-refractivity contribution in [3.63, 3.8) is 0 Å². The van der Waals surface area contributed by atoms with Crippen molar-refractivity contribution in [2.75, 3.05) is 32.7 Å². The number of rotatable bonds is 15. The summed E-state index contributed by atoms with van der Waals surface area (Å²) >= 11 is 0. The number of phenolic OH excluding ortho intramolecular Hbond substituents is 1. The number of hydrogen-bond acceptors (Lipinski definition) is 9. The summed E-state index contributed by atoms with van der Waals surface area (Å²) in [5.74, 6) is -7.20. The molecule has 0 aromatic heterocycles. The van der Waals surface area contributed by atoms with Crippen LogP contribution in [0, 0.1) is 13.8 Å². The average Bonchev–Trinajstić information content (AvgIpc) is 2.95. The number of hydrogen-bond donors (Lipinski definition) is 6. The number of aliphatic carboxylic acids is 4. The zero-order valence-electron chi connectivity index (χ0n) is 26.7. The van der Waals surface area contributed by atoms with Crippen molar-refractivity contribution in [1.29, 1.82) is 0 Å². The summed E-state index contributed by atoms with van der Waals surface area (Å²) in [7, 11) is 0. The number of aromatic hydroxyl groups is 1. The van der Waals surface area contributed by atoms with Gasteiger partial charge in [-0.1, -0.05) is 18.2 Å². The van der Waals surface area contributed by atoms with Gasteiger partial charge in [0.1, 0.15) is 5.75 Å². The summed E-state index contributed by atoms with van der Waals surface area (Å²) in [5.41, 5.74) is 3.16. The van der Waals surface area contributed by atoms with Crippen LogP contribution in [0.4, 0.5) is 0 Å². The Bertz CT molecular complexity index is 1770. The molecule has 2 aromatic rings. The third-order valence-corrected chi connectivity index (χ3v) is 7.88. The fourth-order valence-electron chi connectivity index (χ4n) is 5.99. The highest BCUT2D eigenvalue weighted by Crippen LogP contribution is 2.43. The Morgan fingerprint density at radius 3 is 1.67 bits per heavy atom. The summed E-state index contributed by atoms with van der Waals surface area (Å²) in [6.07, 6.45) is 1.30. The number of allylic oxidation sites excluding steroid dienone is 4. The second kappa shape index (κ2) is 15.3. The van der Waals surface area contributed by atoms with Gasteiger partial charge in [-0.2, -0.15) is 0 Å². The maximum atomic E-state index is 13.4. The van der Waals surface area contributed by atoms with E-state index in [1.54, 1.807) is 39.8 Å². The van der Waals surface area contributed by atoms with Crippen molar-refractivity contribution in [3.05, 3.63) is 92.1 Å². The van der Waals surface area contributed by atoms with Crippen LogP contribution in [-0.4, -0.2) is 109 Å². The van der Waals surface area contributed by atoms with Gasteiger partial charge in [0.05, 0.1) is 31.7 Å². The SMILES string of the molecule is CC1=CC(=O)C(CN(CC(=O)O)CC(=O)O)=C(C)/C1=C(/c1ccccc1C(=O)O)c1c(C)cc(O)c(CN(CC(=O)O)CC(=O)O)c1C. The lowest BCUT2D eigenvalue weighted by atomic mass is 9.77. The number of aryl methyl sites for hydroxylation is 1. The molecule has 48 heavy (non-hydrogen) atoms. The van der Waals surface area contributed by atoms with Crippen molar-refractivity contribution >= 4 is 41.2 Å². The van der Waals surface area contributed by atoms with Crippen molar-refractivity contribution in [1.82, 2.24) is 9.80 Å². The molecule has 0 saturated carbocycles. The lowest BCUT2D eigenvalue weighted by Crippen LogP contribution is -2.37. The zero-order chi connectivity index (χ0) is 36.0. The molecule has 0 amide bonds. The number of nitrogens with zero attached hydrogens (tertiary/aromatic N) is 2. The highest BCUT2D eigenvalue weighted by Gasteiger charge is 2.31. The van der Waals surface area contributed by atoms with Crippen LogP contribution in [-0.2, 0) is 30.5 Å². The van der Waals surface area contributed by atoms with Gasteiger partial charge in [0.15, 0.2) is 5.78 Å². The molecule has 1 aliphatic rings. The maximum absolute atomic E-state index is 13.4. The number of ketones is 1. The van der Waals surface area contributed by atoms with Crippen LogP contribution in [0.15, 0.2) is 58.7 Å². The molecule has 0 radical (unpaired) electrons. The van der Waals surface area contributed by atoms with E-state index < -0.39 is 61.8 Å². The number of carboxylic acids is 5. The second-order valence-corrected chi connectivity index (χ2v) is 11.5. The van der Waals surface area contributed by atoms with E-state index in [1.807, 2.05) is 0 Å². The first kappa shape index (κ1) is 36.9.